The topological polar surface area (TPSA) is 12.0 Å². The van der Waals surface area contributed by atoms with Gasteiger partial charge in [0.15, 0.2) is 0 Å². The van der Waals surface area contributed by atoms with E-state index < -0.39 is 0 Å². The van der Waals surface area contributed by atoms with Gasteiger partial charge in [0.05, 0.1) is 13.9 Å². The molecule has 3 rings (SSSR count). The third-order valence-corrected chi connectivity index (χ3v) is 4.92. The molecule has 2 radical (unpaired) electrons. The van der Waals surface area contributed by atoms with Crippen LogP contribution in [0, 0.1) is 11.8 Å². The first kappa shape index (κ1) is 16.9. The summed E-state index contributed by atoms with van der Waals surface area (Å²) in [5.74, 6) is 1.46. The molecule has 1 N–H and O–H groups in total. The van der Waals surface area contributed by atoms with Gasteiger partial charge < -0.3 is 5.32 Å². The standard InChI is InChI=1S/C22H26BN/c23-21-14-12-18(13-15-21)17-20(19-7-2-1-3-8-19)9-6-11-22-10-4-5-16-24-22/h1-7,10-14,16,19-22,24H,8-9,15,17H2/b11-6+/t19-,20?,21?,22?/m0/s1. The molecule has 0 amide bonds. The van der Waals surface area contributed by atoms with Crippen LogP contribution in [0.15, 0.2) is 84.7 Å². The van der Waals surface area contributed by atoms with Gasteiger partial charge in [-0.3, -0.25) is 0 Å². The number of hydrogen-bond donors (Lipinski definition) is 1. The van der Waals surface area contributed by atoms with Gasteiger partial charge in [0.2, 0.25) is 0 Å². The smallest absolute Gasteiger partial charge is 0.0759 e. The van der Waals surface area contributed by atoms with Crippen LogP contribution in [0.4, 0.5) is 0 Å². The van der Waals surface area contributed by atoms with E-state index in [2.05, 4.69) is 72.2 Å². The summed E-state index contributed by atoms with van der Waals surface area (Å²) in [4.78, 5) is 0. The second-order valence-electron chi connectivity index (χ2n) is 6.81. The van der Waals surface area contributed by atoms with E-state index in [9.17, 15) is 0 Å². The predicted molar refractivity (Wildman–Crippen MR) is 105 cm³/mol. The van der Waals surface area contributed by atoms with E-state index in [-0.39, 0.29) is 5.82 Å². The Bertz CT molecular complexity index is 618. The third-order valence-electron chi connectivity index (χ3n) is 4.92. The zero-order valence-corrected chi connectivity index (χ0v) is 14.2. The van der Waals surface area contributed by atoms with Crippen molar-refractivity contribution in [3.05, 3.63) is 84.7 Å². The molecule has 1 heterocycles. The third kappa shape index (κ3) is 5.02. The van der Waals surface area contributed by atoms with E-state index in [4.69, 9.17) is 7.85 Å². The summed E-state index contributed by atoms with van der Waals surface area (Å²) in [7, 11) is 5.95. The number of rotatable bonds is 6. The van der Waals surface area contributed by atoms with Gasteiger partial charge in [0.1, 0.15) is 0 Å². The van der Waals surface area contributed by atoms with Gasteiger partial charge in [0, 0.05) is 0 Å². The Morgan fingerprint density at radius 2 is 2.04 bits per heavy atom. The van der Waals surface area contributed by atoms with Crippen molar-refractivity contribution in [3.63, 3.8) is 0 Å². The minimum atomic E-state index is 0.196. The first-order chi connectivity index (χ1) is 11.8. The molecule has 3 aliphatic rings. The molecule has 0 aromatic rings. The normalized spacial score (nSPS) is 29.7. The summed E-state index contributed by atoms with van der Waals surface area (Å²) in [6, 6.07) is 0.323. The zero-order chi connectivity index (χ0) is 16.6. The summed E-state index contributed by atoms with van der Waals surface area (Å²) < 4.78 is 0. The Kier molecular flexibility index (Phi) is 6.17. The van der Waals surface area contributed by atoms with Crippen LogP contribution in [0.1, 0.15) is 25.7 Å². The number of nitrogens with one attached hydrogen (secondary N) is 1. The van der Waals surface area contributed by atoms with Crippen molar-refractivity contribution in [3.8, 4) is 0 Å². The molecule has 2 aliphatic carbocycles. The van der Waals surface area contributed by atoms with Crippen molar-refractivity contribution in [1.29, 1.82) is 0 Å². The molecule has 2 heteroatoms. The van der Waals surface area contributed by atoms with Crippen LogP contribution in [0.5, 0.6) is 0 Å². The highest BCUT2D eigenvalue weighted by atomic mass is 14.9. The first-order valence-electron chi connectivity index (χ1n) is 9.03. The van der Waals surface area contributed by atoms with Gasteiger partial charge in [-0.05, 0) is 49.8 Å². The predicted octanol–water partition coefficient (Wildman–Crippen LogP) is 4.96. The molecule has 0 aromatic heterocycles. The Labute approximate surface area is 147 Å². The lowest BCUT2D eigenvalue weighted by atomic mass is 9.76. The Balaban J connectivity index is 1.61. The molecule has 24 heavy (non-hydrogen) atoms. The van der Waals surface area contributed by atoms with Crippen molar-refractivity contribution < 1.29 is 0 Å². The average molecular weight is 315 g/mol. The summed E-state index contributed by atoms with van der Waals surface area (Å²) in [5.41, 5.74) is 1.44. The largest absolute Gasteiger partial charge is 0.381 e. The minimum Gasteiger partial charge on any atom is -0.381 e. The van der Waals surface area contributed by atoms with Crippen LogP contribution in [0.2, 0.25) is 5.82 Å². The molecule has 0 aromatic carbocycles. The van der Waals surface area contributed by atoms with Crippen molar-refractivity contribution in [2.24, 2.45) is 11.8 Å². The van der Waals surface area contributed by atoms with E-state index in [1.165, 1.54) is 5.57 Å². The maximum Gasteiger partial charge on any atom is 0.0759 e. The maximum atomic E-state index is 5.95. The number of hydrogen-bond acceptors (Lipinski definition) is 1. The molecule has 0 fully saturated rings. The van der Waals surface area contributed by atoms with Crippen LogP contribution in [0.3, 0.4) is 0 Å². The lowest BCUT2D eigenvalue weighted by Crippen LogP contribution is -2.21. The van der Waals surface area contributed by atoms with Crippen LogP contribution in [0.25, 0.3) is 0 Å². The molecule has 1 nitrogen and oxygen atoms in total. The molecule has 0 bridgehead atoms. The lowest BCUT2D eigenvalue weighted by molar-refractivity contribution is 0.396. The number of allylic oxidation sites excluding steroid dienone is 11. The monoisotopic (exact) mass is 315 g/mol. The summed E-state index contributed by atoms with van der Waals surface area (Å²) >= 11 is 0. The van der Waals surface area contributed by atoms with Gasteiger partial charge in [-0.2, -0.15) is 0 Å². The van der Waals surface area contributed by atoms with Gasteiger partial charge >= 0.3 is 0 Å². The Morgan fingerprint density at radius 3 is 2.75 bits per heavy atom. The fourth-order valence-electron chi connectivity index (χ4n) is 3.48. The molecule has 1 aliphatic heterocycles. The molecule has 122 valence electrons. The van der Waals surface area contributed by atoms with Crippen LogP contribution in [-0.4, -0.2) is 13.9 Å². The molecule has 0 saturated carbocycles. The molecular formula is C22H26BN. The second kappa shape index (κ2) is 8.77. The quantitative estimate of drug-likeness (QED) is 0.540. The van der Waals surface area contributed by atoms with Crippen LogP contribution >= 0.6 is 0 Å². The fraction of sp³-hybridized carbons (Fsp3) is 0.364. The van der Waals surface area contributed by atoms with E-state index >= 15 is 0 Å². The fourth-order valence-corrected chi connectivity index (χ4v) is 3.48. The van der Waals surface area contributed by atoms with E-state index in [0.717, 1.165) is 25.7 Å². The summed E-state index contributed by atoms with van der Waals surface area (Å²) in [5, 5.41) is 3.34. The highest BCUT2D eigenvalue weighted by molar-refractivity contribution is 6.13. The van der Waals surface area contributed by atoms with Gasteiger partial charge in [0.25, 0.3) is 0 Å². The van der Waals surface area contributed by atoms with Crippen molar-refractivity contribution in [1.82, 2.24) is 5.32 Å². The Hall–Kier alpha value is -1.96. The number of dihydropyridines is 1. The van der Waals surface area contributed by atoms with Gasteiger partial charge in [-0.1, -0.05) is 78.2 Å². The van der Waals surface area contributed by atoms with Gasteiger partial charge in [-0.15, -0.1) is 0 Å². The highest BCUT2D eigenvalue weighted by Gasteiger charge is 2.20. The minimum absolute atomic E-state index is 0.196. The van der Waals surface area contributed by atoms with Crippen LogP contribution < -0.4 is 5.32 Å². The van der Waals surface area contributed by atoms with Crippen molar-refractivity contribution >= 4 is 7.85 Å². The zero-order valence-electron chi connectivity index (χ0n) is 14.2. The van der Waals surface area contributed by atoms with E-state index in [1.54, 1.807) is 0 Å². The molecule has 3 unspecified atom stereocenters. The van der Waals surface area contributed by atoms with Gasteiger partial charge in [-0.25, -0.2) is 0 Å². The molecular weight excluding hydrogens is 289 g/mol. The summed E-state index contributed by atoms with van der Waals surface area (Å²) in [6.07, 6.45) is 33.0. The molecule has 4 atom stereocenters. The van der Waals surface area contributed by atoms with E-state index in [0.29, 0.717) is 17.9 Å². The second-order valence-corrected chi connectivity index (χ2v) is 6.81. The molecule has 0 saturated heterocycles. The summed E-state index contributed by atoms with van der Waals surface area (Å²) in [6.45, 7) is 0. The average Bonchev–Trinajstić information content (AvgIpc) is 2.64. The lowest BCUT2D eigenvalue weighted by Gasteiger charge is -2.26. The Morgan fingerprint density at radius 1 is 1.12 bits per heavy atom. The SMILES string of the molecule is [B]C1C=CC(CC(C/C=C/C2C=CC=CN2)[C@H]2C=CC=CC2)=CC1. The van der Waals surface area contributed by atoms with E-state index in [1.807, 2.05) is 12.3 Å². The van der Waals surface area contributed by atoms with Crippen molar-refractivity contribution in [2.75, 3.05) is 0 Å². The first-order valence-corrected chi connectivity index (χ1v) is 9.03. The maximum absolute atomic E-state index is 5.95. The van der Waals surface area contributed by atoms with Crippen LogP contribution in [-0.2, 0) is 0 Å². The highest BCUT2D eigenvalue weighted by Crippen LogP contribution is 2.32. The van der Waals surface area contributed by atoms with Crippen molar-refractivity contribution in [2.45, 2.75) is 37.5 Å². The molecule has 0 spiro atoms.